The lowest BCUT2D eigenvalue weighted by Gasteiger charge is -2.24. The molecule has 2 aromatic rings. The summed E-state index contributed by atoms with van der Waals surface area (Å²) in [4.78, 5) is 29.7. The molecule has 0 aromatic carbocycles. The third kappa shape index (κ3) is 3.36. The molecule has 0 aliphatic carbocycles. The van der Waals surface area contributed by atoms with E-state index in [4.69, 9.17) is 0 Å². The van der Waals surface area contributed by atoms with E-state index in [1.54, 1.807) is 32.4 Å². The molecule has 0 fully saturated rings. The van der Waals surface area contributed by atoms with Gasteiger partial charge in [-0.2, -0.15) is 0 Å². The average molecular weight is 320 g/mol. The van der Waals surface area contributed by atoms with Crippen LogP contribution in [0.25, 0.3) is 0 Å². The number of aromatic nitrogens is 2. The van der Waals surface area contributed by atoms with Gasteiger partial charge in [0.15, 0.2) is 0 Å². The molecule has 0 saturated heterocycles. The monoisotopic (exact) mass is 320 g/mol. The lowest BCUT2D eigenvalue weighted by molar-refractivity contribution is 0.241. The van der Waals surface area contributed by atoms with E-state index in [9.17, 15) is 9.59 Å². The molecule has 6 nitrogen and oxygen atoms in total. The van der Waals surface area contributed by atoms with E-state index in [0.717, 1.165) is 15.4 Å². The van der Waals surface area contributed by atoms with Crippen molar-refractivity contribution in [3.05, 3.63) is 44.3 Å². The summed E-state index contributed by atoms with van der Waals surface area (Å²) in [6, 6.07) is 1.36. The maximum Gasteiger partial charge on any atom is 0.320 e. The van der Waals surface area contributed by atoms with Crippen molar-refractivity contribution >= 4 is 23.1 Å². The number of anilines is 1. The molecule has 118 valence electrons. The van der Waals surface area contributed by atoms with Crippen molar-refractivity contribution in [2.75, 3.05) is 5.32 Å². The summed E-state index contributed by atoms with van der Waals surface area (Å²) < 4.78 is 1.43. The van der Waals surface area contributed by atoms with Crippen molar-refractivity contribution in [2.45, 2.75) is 33.2 Å². The third-order valence-corrected chi connectivity index (χ3v) is 4.53. The molecule has 0 aliphatic heterocycles. The van der Waals surface area contributed by atoms with Crippen molar-refractivity contribution < 1.29 is 4.79 Å². The zero-order valence-corrected chi connectivity index (χ0v) is 14.2. The molecular weight excluding hydrogens is 300 g/mol. The van der Waals surface area contributed by atoms with Crippen molar-refractivity contribution in [1.29, 1.82) is 0 Å². The lowest BCUT2D eigenvalue weighted by Crippen LogP contribution is -2.44. The topological polar surface area (TPSA) is 76.0 Å². The third-order valence-electron chi connectivity index (χ3n) is 3.30. The minimum Gasteiger partial charge on any atom is -0.326 e. The summed E-state index contributed by atoms with van der Waals surface area (Å²) in [5, 5.41) is 6.32. The van der Waals surface area contributed by atoms with Crippen LogP contribution in [0, 0.1) is 13.8 Å². The summed E-state index contributed by atoms with van der Waals surface area (Å²) in [6.45, 7) is 7.50. The SMILES string of the molecule is Cc1cnc(C(C)(C)NC(=O)Nc2c(C)ccn(C)c2=O)s1. The van der Waals surface area contributed by atoms with Gasteiger partial charge in [-0.3, -0.25) is 4.79 Å². The number of thiazole rings is 1. The van der Waals surface area contributed by atoms with Gasteiger partial charge in [0.25, 0.3) is 5.56 Å². The van der Waals surface area contributed by atoms with Crippen molar-refractivity contribution in [1.82, 2.24) is 14.9 Å². The summed E-state index contributed by atoms with van der Waals surface area (Å²) in [5.41, 5.74) is 0.157. The first-order valence-corrected chi connectivity index (χ1v) is 7.70. The molecule has 0 spiro atoms. The molecule has 0 bridgehead atoms. The molecule has 2 N–H and O–H groups in total. The average Bonchev–Trinajstić information content (AvgIpc) is 2.86. The predicted octanol–water partition coefficient (Wildman–Crippen LogP) is 2.52. The van der Waals surface area contributed by atoms with Crippen molar-refractivity contribution in [3.63, 3.8) is 0 Å². The number of hydrogen-bond acceptors (Lipinski definition) is 4. The number of aryl methyl sites for hydroxylation is 3. The van der Waals surface area contributed by atoms with E-state index < -0.39 is 11.6 Å². The Morgan fingerprint density at radius 2 is 2.05 bits per heavy atom. The maximum atomic E-state index is 12.2. The Morgan fingerprint density at radius 1 is 1.36 bits per heavy atom. The molecule has 0 saturated carbocycles. The van der Waals surface area contributed by atoms with Crippen molar-refractivity contribution in [2.24, 2.45) is 7.05 Å². The fraction of sp³-hybridized carbons (Fsp3) is 0.400. The Morgan fingerprint density at radius 3 is 2.64 bits per heavy atom. The second-order valence-electron chi connectivity index (χ2n) is 5.77. The van der Waals surface area contributed by atoms with Gasteiger partial charge in [-0.1, -0.05) is 0 Å². The molecule has 0 unspecified atom stereocenters. The molecule has 2 heterocycles. The summed E-state index contributed by atoms with van der Waals surface area (Å²) >= 11 is 1.53. The van der Waals surface area contributed by atoms with E-state index in [1.807, 2.05) is 20.8 Å². The minimum absolute atomic E-state index is 0.238. The highest BCUT2D eigenvalue weighted by Gasteiger charge is 2.26. The number of urea groups is 1. The molecule has 0 radical (unpaired) electrons. The predicted molar refractivity (Wildman–Crippen MR) is 88.5 cm³/mol. The largest absolute Gasteiger partial charge is 0.326 e. The van der Waals surface area contributed by atoms with Gasteiger partial charge < -0.3 is 15.2 Å². The highest BCUT2D eigenvalue weighted by atomic mass is 32.1. The van der Waals surface area contributed by atoms with Crippen LogP contribution in [0.1, 0.15) is 29.3 Å². The number of carbonyl (C=O) groups is 1. The zero-order valence-electron chi connectivity index (χ0n) is 13.4. The Kier molecular flexibility index (Phi) is 4.37. The zero-order chi connectivity index (χ0) is 16.5. The first kappa shape index (κ1) is 16.2. The molecular formula is C15H20N4O2S. The number of rotatable bonds is 3. The van der Waals surface area contributed by atoms with E-state index in [2.05, 4.69) is 15.6 Å². The van der Waals surface area contributed by atoms with Crippen LogP contribution in [0.3, 0.4) is 0 Å². The second-order valence-corrected chi connectivity index (χ2v) is 7.00. The first-order chi connectivity index (χ1) is 10.2. The van der Waals surface area contributed by atoms with E-state index in [-0.39, 0.29) is 11.2 Å². The molecule has 22 heavy (non-hydrogen) atoms. The lowest BCUT2D eigenvalue weighted by atomic mass is 10.1. The summed E-state index contributed by atoms with van der Waals surface area (Å²) in [7, 11) is 1.65. The number of carbonyl (C=O) groups excluding carboxylic acids is 1. The second kappa shape index (κ2) is 5.92. The normalized spacial score (nSPS) is 11.3. The van der Waals surface area contributed by atoms with Gasteiger partial charge in [0.2, 0.25) is 0 Å². The fourth-order valence-corrected chi connectivity index (χ4v) is 2.82. The van der Waals surface area contributed by atoms with Crippen LogP contribution in [0.4, 0.5) is 10.5 Å². The standard InChI is InChI=1S/C15H20N4O2S/c1-9-6-7-19(5)12(20)11(9)17-14(21)18-15(3,4)13-16-8-10(2)22-13/h6-8H,1-5H3,(H2,17,18,21). The molecule has 0 atom stereocenters. The molecule has 2 aromatic heterocycles. The highest BCUT2D eigenvalue weighted by Crippen LogP contribution is 2.24. The van der Waals surface area contributed by atoms with Gasteiger partial charge in [-0.05, 0) is 39.3 Å². The van der Waals surface area contributed by atoms with E-state index in [1.165, 1.54) is 15.9 Å². The van der Waals surface area contributed by atoms with E-state index in [0.29, 0.717) is 0 Å². The van der Waals surface area contributed by atoms with Gasteiger partial charge in [-0.15, -0.1) is 11.3 Å². The number of amides is 2. The number of pyridine rings is 1. The molecule has 7 heteroatoms. The van der Waals surface area contributed by atoms with Crippen LogP contribution in [-0.4, -0.2) is 15.6 Å². The van der Waals surface area contributed by atoms with Crippen LogP contribution < -0.4 is 16.2 Å². The number of nitrogens with one attached hydrogen (secondary N) is 2. The van der Waals surface area contributed by atoms with Crippen LogP contribution >= 0.6 is 11.3 Å². The van der Waals surface area contributed by atoms with Crippen molar-refractivity contribution in [3.8, 4) is 0 Å². The first-order valence-electron chi connectivity index (χ1n) is 6.89. The van der Waals surface area contributed by atoms with E-state index >= 15 is 0 Å². The number of hydrogen-bond donors (Lipinski definition) is 2. The molecule has 2 rings (SSSR count). The highest BCUT2D eigenvalue weighted by molar-refractivity contribution is 7.11. The Bertz CT molecular complexity index is 761. The van der Waals surface area contributed by atoms with Crippen LogP contribution in [0.5, 0.6) is 0 Å². The molecule has 2 amide bonds. The summed E-state index contributed by atoms with van der Waals surface area (Å²) in [5.74, 6) is 0. The Balaban J connectivity index is 2.17. The van der Waals surface area contributed by atoms with Gasteiger partial charge in [-0.25, -0.2) is 9.78 Å². The fourth-order valence-electron chi connectivity index (χ4n) is 2.00. The molecule has 0 aliphatic rings. The number of nitrogens with zero attached hydrogens (tertiary/aromatic N) is 2. The van der Waals surface area contributed by atoms with Crippen LogP contribution in [-0.2, 0) is 12.6 Å². The minimum atomic E-state index is -0.614. The summed E-state index contributed by atoms with van der Waals surface area (Å²) in [6.07, 6.45) is 3.45. The maximum absolute atomic E-state index is 12.2. The van der Waals surface area contributed by atoms with Gasteiger partial charge >= 0.3 is 6.03 Å². The Labute approximate surface area is 133 Å². The van der Waals surface area contributed by atoms with Gasteiger partial charge in [0.1, 0.15) is 10.7 Å². The van der Waals surface area contributed by atoms with Gasteiger partial charge in [0.05, 0.1) is 5.54 Å². The smallest absolute Gasteiger partial charge is 0.320 e. The van der Waals surface area contributed by atoms with Gasteiger partial charge in [0, 0.05) is 24.3 Å². The van der Waals surface area contributed by atoms with Crippen LogP contribution in [0.15, 0.2) is 23.3 Å². The quantitative estimate of drug-likeness (QED) is 0.912. The Hall–Kier alpha value is -2.15. The van der Waals surface area contributed by atoms with Crippen LogP contribution in [0.2, 0.25) is 0 Å².